The van der Waals surface area contributed by atoms with Crippen molar-refractivity contribution in [3.63, 3.8) is 0 Å². The van der Waals surface area contributed by atoms with Gasteiger partial charge in [-0.1, -0.05) is 11.6 Å². The highest BCUT2D eigenvalue weighted by Crippen LogP contribution is 2.35. The van der Waals surface area contributed by atoms with Crippen LogP contribution in [-0.4, -0.2) is 19.5 Å². The molecule has 14 heteroatoms. The van der Waals surface area contributed by atoms with Crippen molar-refractivity contribution in [2.45, 2.75) is 12.7 Å². The highest BCUT2D eigenvalue weighted by molar-refractivity contribution is 6.30. The molecule has 0 saturated heterocycles. The Labute approximate surface area is 209 Å². The van der Waals surface area contributed by atoms with Crippen LogP contribution < -0.4 is 20.6 Å². The van der Waals surface area contributed by atoms with E-state index >= 15 is 0 Å². The largest absolute Gasteiger partial charge is 0.449 e. The van der Waals surface area contributed by atoms with Crippen LogP contribution >= 0.6 is 11.6 Å². The highest BCUT2D eigenvalue weighted by atomic mass is 35.5. The van der Waals surface area contributed by atoms with Crippen molar-refractivity contribution in [2.75, 3.05) is 0 Å². The minimum absolute atomic E-state index is 0.00706. The zero-order valence-corrected chi connectivity index (χ0v) is 19.0. The van der Waals surface area contributed by atoms with Crippen LogP contribution in [0.5, 0.6) is 23.3 Å². The monoisotopic (exact) mass is 533 g/mol. The Kier molecular flexibility index (Phi) is 6.94. The van der Waals surface area contributed by atoms with E-state index in [9.17, 15) is 27.2 Å². The molecule has 0 bridgehead atoms. The van der Waals surface area contributed by atoms with Gasteiger partial charge in [0, 0.05) is 11.2 Å². The molecule has 2 aromatic heterocycles. The molecule has 0 aliphatic heterocycles. The van der Waals surface area contributed by atoms with Gasteiger partial charge >= 0.3 is 12.2 Å². The van der Waals surface area contributed by atoms with Crippen LogP contribution in [0.4, 0.5) is 17.6 Å². The van der Waals surface area contributed by atoms with Crippen molar-refractivity contribution in [3.8, 4) is 29.3 Å². The van der Waals surface area contributed by atoms with Crippen LogP contribution in [0, 0.1) is 17.1 Å². The van der Waals surface area contributed by atoms with Gasteiger partial charge in [0.1, 0.15) is 17.3 Å². The number of nitriles is 1. The number of H-pyrrole nitrogens is 1. The lowest BCUT2D eigenvalue weighted by molar-refractivity contribution is -0.142. The smallest absolute Gasteiger partial charge is 0.437 e. The fourth-order valence-electron chi connectivity index (χ4n) is 3.05. The maximum atomic E-state index is 13.6. The van der Waals surface area contributed by atoms with Gasteiger partial charge < -0.3 is 9.47 Å². The summed E-state index contributed by atoms with van der Waals surface area (Å²) in [5, 5.41) is 9.05. The van der Waals surface area contributed by atoms with Gasteiger partial charge in [-0.2, -0.15) is 18.4 Å². The Bertz CT molecular complexity index is 1630. The molecule has 0 aliphatic carbocycles. The van der Waals surface area contributed by atoms with Crippen molar-refractivity contribution >= 4 is 11.6 Å². The van der Waals surface area contributed by atoms with E-state index < -0.39 is 41.1 Å². The SMILES string of the molecule is N#Cc1cc(Cl)cc(Oc2c(C(F)(F)F)ncn(Cc3cnc(Oc4ccc(F)cc4)[nH]c3=O)c2=O)c1. The van der Waals surface area contributed by atoms with Gasteiger partial charge in [0.25, 0.3) is 11.1 Å². The molecule has 4 rings (SSSR count). The maximum absolute atomic E-state index is 13.6. The molecule has 0 atom stereocenters. The fraction of sp³-hybridized carbons (Fsp3) is 0.0870. The summed E-state index contributed by atoms with van der Waals surface area (Å²) in [5.74, 6) is -1.79. The molecule has 37 heavy (non-hydrogen) atoms. The lowest BCUT2D eigenvalue weighted by atomic mass is 10.2. The van der Waals surface area contributed by atoms with Gasteiger partial charge in [-0.25, -0.2) is 14.4 Å². The molecular weight excluding hydrogens is 522 g/mol. The van der Waals surface area contributed by atoms with Crippen LogP contribution in [0.1, 0.15) is 16.8 Å². The lowest BCUT2D eigenvalue weighted by Crippen LogP contribution is -2.28. The molecule has 2 heterocycles. The third-order valence-corrected chi connectivity index (χ3v) is 4.92. The standard InChI is InChI=1S/C23H12ClF4N5O4/c24-14-5-12(8-29)6-17(7-14)36-18-19(23(26,27)28)31-11-33(21(18)35)10-13-9-30-22(32-20(13)34)37-16-3-1-15(25)2-4-16/h1-7,9,11H,10H2,(H,30,32,34). The summed E-state index contributed by atoms with van der Waals surface area (Å²) in [6.07, 6.45) is -3.39. The van der Waals surface area contributed by atoms with E-state index in [1.54, 1.807) is 6.07 Å². The number of hydrogen-bond acceptors (Lipinski definition) is 7. The number of aromatic nitrogens is 4. The van der Waals surface area contributed by atoms with E-state index in [-0.39, 0.29) is 33.7 Å². The summed E-state index contributed by atoms with van der Waals surface area (Å²) >= 11 is 5.87. The molecule has 2 aromatic carbocycles. The molecule has 188 valence electrons. The van der Waals surface area contributed by atoms with E-state index in [0.29, 0.717) is 10.9 Å². The number of hydrogen-bond donors (Lipinski definition) is 1. The van der Waals surface area contributed by atoms with Crippen molar-refractivity contribution < 1.29 is 27.0 Å². The van der Waals surface area contributed by atoms with Gasteiger partial charge in [-0.15, -0.1) is 0 Å². The molecule has 0 unspecified atom stereocenters. The van der Waals surface area contributed by atoms with Crippen LogP contribution in [0.2, 0.25) is 5.02 Å². The third-order valence-electron chi connectivity index (χ3n) is 4.70. The molecule has 0 amide bonds. The predicted molar refractivity (Wildman–Crippen MR) is 120 cm³/mol. The molecule has 0 saturated carbocycles. The molecule has 9 nitrogen and oxygen atoms in total. The second-order valence-electron chi connectivity index (χ2n) is 7.34. The van der Waals surface area contributed by atoms with Crippen LogP contribution in [0.3, 0.4) is 0 Å². The summed E-state index contributed by atoms with van der Waals surface area (Å²) in [5.41, 5.74) is -3.75. The molecule has 1 N–H and O–H groups in total. The summed E-state index contributed by atoms with van der Waals surface area (Å²) in [6.45, 7) is -0.515. The average molecular weight is 534 g/mol. The number of rotatable bonds is 6. The predicted octanol–water partition coefficient (Wildman–Crippen LogP) is 4.64. The number of nitrogens with zero attached hydrogens (tertiary/aromatic N) is 4. The number of aromatic amines is 1. The first-order valence-corrected chi connectivity index (χ1v) is 10.5. The second kappa shape index (κ2) is 10.1. The maximum Gasteiger partial charge on any atom is 0.437 e. The topological polar surface area (TPSA) is 123 Å². The number of nitrogens with one attached hydrogen (secondary N) is 1. The molecule has 0 spiro atoms. The Morgan fingerprint density at radius 1 is 1.05 bits per heavy atom. The second-order valence-corrected chi connectivity index (χ2v) is 7.78. The molecular formula is C23H12ClF4N5O4. The van der Waals surface area contributed by atoms with Gasteiger partial charge in [0.15, 0.2) is 5.69 Å². The van der Waals surface area contributed by atoms with Gasteiger partial charge in [-0.3, -0.25) is 19.1 Å². The Morgan fingerprint density at radius 3 is 2.43 bits per heavy atom. The average Bonchev–Trinajstić information content (AvgIpc) is 2.83. The normalized spacial score (nSPS) is 11.1. The van der Waals surface area contributed by atoms with Crippen molar-refractivity contribution in [2.24, 2.45) is 0 Å². The third kappa shape index (κ3) is 5.93. The Morgan fingerprint density at radius 2 is 1.78 bits per heavy atom. The molecule has 0 fully saturated rings. The van der Waals surface area contributed by atoms with E-state index in [1.165, 1.54) is 18.2 Å². The molecule has 4 aromatic rings. The van der Waals surface area contributed by atoms with E-state index in [0.717, 1.165) is 30.5 Å². The molecule has 0 radical (unpaired) electrons. The van der Waals surface area contributed by atoms with Crippen LogP contribution in [0.25, 0.3) is 0 Å². The van der Waals surface area contributed by atoms with Crippen LogP contribution in [-0.2, 0) is 12.7 Å². The van der Waals surface area contributed by atoms with Gasteiger partial charge in [0.2, 0.25) is 5.75 Å². The minimum Gasteiger partial charge on any atom is -0.449 e. The minimum atomic E-state index is -5.05. The quantitative estimate of drug-likeness (QED) is 0.358. The lowest BCUT2D eigenvalue weighted by Gasteiger charge is -2.15. The Hall–Kier alpha value is -4.70. The van der Waals surface area contributed by atoms with E-state index in [2.05, 4.69) is 15.0 Å². The zero-order valence-electron chi connectivity index (χ0n) is 18.2. The zero-order chi connectivity index (χ0) is 26.7. The van der Waals surface area contributed by atoms with Crippen LogP contribution in [0.15, 0.2) is 64.6 Å². The number of benzene rings is 2. The Balaban J connectivity index is 1.66. The van der Waals surface area contributed by atoms with E-state index in [4.69, 9.17) is 26.3 Å². The first-order chi connectivity index (χ1) is 17.5. The number of ether oxygens (including phenoxy) is 2. The summed E-state index contributed by atoms with van der Waals surface area (Å²) < 4.78 is 64.9. The summed E-state index contributed by atoms with van der Waals surface area (Å²) in [6, 6.07) is 9.87. The van der Waals surface area contributed by atoms with Gasteiger partial charge in [0.05, 0.1) is 30.1 Å². The van der Waals surface area contributed by atoms with E-state index in [1.807, 2.05) is 0 Å². The number of alkyl halides is 3. The fourth-order valence-corrected chi connectivity index (χ4v) is 3.27. The van der Waals surface area contributed by atoms with Crippen molar-refractivity contribution in [3.05, 3.63) is 103 Å². The number of halogens is 5. The first kappa shape index (κ1) is 25.4. The summed E-state index contributed by atoms with van der Waals surface area (Å²) in [4.78, 5) is 34.9. The van der Waals surface area contributed by atoms with Crippen molar-refractivity contribution in [1.29, 1.82) is 5.26 Å². The van der Waals surface area contributed by atoms with Gasteiger partial charge in [-0.05, 0) is 42.5 Å². The summed E-state index contributed by atoms with van der Waals surface area (Å²) in [7, 11) is 0. The molecule has 0 aliphatic rings. The first-order valence-electron chi connectivity index (χ1n) is 10.1. The highest BCUT2D eigenvalue weighted by Gasteiger charge is 2.38. The van der Waals surface area contributed by atoms with Crippen molar-refractivity contribution in [1.82, 2.24) is 19.5 Å².